The number of nitrogens with zero attached hydrogens (tertiary/aromatic N) is 2. The maximum atomic E-state index is 7.61. The van der Waals surface area contributed by atoms with Crippen LogP contribution in [0.15, 0.2) is 18.3 Å². The third-order valence-corrected chi connectivity index (χ3v) is 4.41. The summed E-state index contributed by atoms with van der Waals surface area (Å²) in [5.74, 6) is 1.54. The number of nitrogens with one attached hydrogen (secondary N) is 2. The minimum Gasteiger partial charge on any atom is -0.351 e. The summed E-state index contributed by atoms with van der Waals surface area (Å²) in [6.45, 7) is 0. The fraction of sp³-hybridized carbons (Fsp3) is 0.588. The maximum Gasteiger partial charge on any atom is 0.223 e. The first-order chi connectivity index (χ1) is 10.3. The summed E-state index contributed by atoms with van der Waals surface area (Å²) < 4.78 is 0. The number of hydrogen-bond acceptors (Lipinski definition) is 4. The Hall–Kier alpha value is -1.71. The molecule has 0 spiro atoms. The molecule has 2 saturated carbocycles. The minimum atomic E-state index is 0.507. The molecule has 1 heterocycles. The van der Waals surface area contributed by atoms with Gasteiger partial charge in [0.05, 0.1) is 5.69 Å². The Morgan fingerprint density at radius 3 is 2.76 bits per heavy atom. The van der Waals surface area contributed by atoms with Gasteiger partial charge >= 0.3 is 0 Å². The second-order valence-corrected chi connectivity index (χ2v) is 6.23. The molecule has 4 heteroatoms. The molecule has 4 nitrogen and oxygen atoms in total. The molecule has 112 valence electrons. The van der Waals surface area contributed by atoms with Crippen molar-refractivity contribution in [3.8, 4) is 0 Å². The first-order valence-electron chi connectivity index (χ1n) is 8.16. The Labute approximate surface area is 126 Å². The first-order valence-corrected chi connectivity index (χ1v) is 8.16. The Bertz CT molecular complexity index is 513. The lowest BCUT2D eigenvalue weighted by Gasteiger charge is -2.22. The van der Waals surface area contributed by atoms with E-state index in [0.717, 1.165) is 23.6 Å². The standard InChI is InChI=1S/C17H24N4/c18-12-14(9-8-13-6-7-13)16-10-11-19-17(21-16)20-15-4-2-1-3-5-15/h9-13,15,18H,1-8H2,(H,19,20,21)/b14-9-,18-12?. The van der Waals surface area contributed by atoms with Crippen LogP contribution in [0.5, 0.6) is 0 Å². The first kappa shape index (κ1) is 14.2. The zero-order valence-corrected chi connectivity index (χ0v) is 12.5. The van der Waals surface area contributed by atoms with Crippen molar-refractivity contribution < 1.29 is 0 Å². The molecule has 0 bridgehead atoms. The summed E-state index contributed by atoms with van der Waals surface area (Å²) in [5, 5.41) is 11.1. The van der Waals surface area contributed by atoms with Crippen molar-refractivity contribution in [1.82, 2.24) is 9.97 Å². The molecule has 0 radical (unpaired) electrons. The molecule has 0 aliphatic heterocycles. The van der Waals surface area contributed by atoms with Crippen LogP contribution in [0.3, 0.4) is 0 Å². The van der Waals surface area contributed by atoms with E-state index in [4.69, 9.17) is 5.41 Å². The van der Waals surface area contributed by atoms with Crippen LogP contribution in [-0.4, -0.2) is 22.2 Å². The van der Waals surface area contributed by atoms with Crippen molar-refractivity contribution in [1.29, 1.82) is 5.41 Å². The predicted molar refractivity (Wildman–Crippen MR) is 86.6 cm³/mol. The molecular weight excluding hydrogens is 260 g/mol. The Balaban J connectivity index is 1.68. The van der Waals surface area contributed by atoms with Gasteiger partial charge in [-0.15, -0.1) is 0 Å². The smallest absolute Gasteiger partial charge is 0.223 e. The highest BCUT2D eigenvalue weighted by molar-refractivity contribution is 6.07. The highest BCUT2D eigenvalue weighted by Crippen LogP contribution is 2.33. The third kappa shape index (κ3) is 4.13. The monoisotopic (exact) mass is 284 g/mol. The Kier molecular flexibility index (Phi) is 4.63. The van der Waals surface area contributed by atoms with Gasteiger partial charge in [0.25, 0.3) is 0 Å². The van der Waals surface area contributed by atoms with Crippen molar-refractivity contribution in [2.45, 2.75) is 57.4 Å². The highest BCUT2D eigenvalue weighted by Gasteiger charge is 2.20. The van der Waals surface area contributed by atoms with E-state index in [1.54, 1.807) is 6.20 Å². The topological polar surface area (TPSA) is 61.7 Å². The normalized spacial score (nSPS) is 20.3. The summed E-state index contributed by atoms with van der Waals surface area (Å²) in [7, 11) is 0. The van der Waals surface area contributed by atoms with Crippen LogP contribution in [0.4, 0.5) is 5.95 Å². The molecule has 2 fully saturated rings. The van der Waals surface area contributed by atoms with E-state index in [9.17, 15) is 0 Å². The summed E-state index contributed by atoms with van der Waals surface area (Å²) in [5.41, 5.74) is 1.77. The van der Waals surface area contributed by atoms with Gasteiger partial charge in [0, 0.05) is 24.0 Å². The van der Waals surface area contributed by atoms with Crippen LogP contribution in [0.25, 0.3) is 5.57 Å². The van der Waals surface area contributed by atoms with Crippen LogP contribution < -0.4 is 5.32 Å². The lowest BCUT2D eigenvalue weighted by atomic mass is 9.96. The zero-order valence-electron chi connectivity index (χ0n) is 12.5. The summed E-state index contributed by atoms with van der Waals surface area (Å²) >= 11 is 0. The van der Waals surface area contributed by atoms with Gasteiger partial charge in [0.15, 0.2) is 0 Å². The predicted octanol–water partition coefficient (Wildman–Crippen LogP) is 4.05. The highest BCUT2D eigenvalue weighted by atomic mass is 15.1. The zero-order chi connectivity index (χ0) is 14.5. The van der Waals surface area contributed by atoms with E-state index in [2.05, 4.69) is 21.4 Å². The van der Waals surface area contributed by atoms with Crippen molar-refractivity contribution in [3.05, 3.63) is 24.0 Å². The molecule has 0 atom stereocenters. The molecule has 2 aliphatic rings. The lowest BCUT2D eigenvalue weighted by Crippen LogP contribution is -2.23. The van der Waals surface area contributed by atoms with Gasteiger partial charge in [-0.25, -0.2) is 9.97 Å². The quantitative estimate of drug-likeness (QED) is 0.774. The average molecular weight is 284 g/mol. The largest absolute Gasteiger partial charge is 0.351 e. The van der Waals surface area contributed by atoms with E-state index in [-0.39, 0.29) is 0 Å². The minimum absolute atomic E-state index is 0.507. The van der Waals surface area contributed by atoms with E-state index in [1.807, 2.05) is 6.07 Å². The Morgan fingerprint density at radius 2 is 2.05 bits per heavy atom. The second kappa shape index (κ2) is 6.83. The number of hydrogen-bond donors (Lipinski definition) is 2. The van der Waals surface area contributed by atoms with Gasteiger partial charge in [0.2, 0.25) is 5.95 Å². The summed E-state index contributed by atoms with van der Waals surface area (Å²) in [6, 6.07) is 2.41. The van der Waals surface area contributed by atoms with E-state index < -0.39 is 0 Å². The summed E-state index contributed by atoms with van der Waals surface area (Å²) in [6.07, 6.45) is 15.5. The van der Waals surface area contributed by atoms with Crippen molar-refractivity contribution >= 4 is 17.7 Å². The SMILES string of the molecule is N=C/C(=C/CC1CC1)c1ccnc(NC2CCCCC2)n1. The van der Waals surface area contributed by atoms with Crippen molar-refractivity contribution in [2.24, 2.45) is 5.92 Å². The molecule has 2 N–H and O–H groups in total. The van der Waals surface area contributed by atoms with Crippen LogP contribution >= 0.6 is 0 Å². The molecule has 3 rings (SSSR count). The average Bonchev–Trinajstić information content (AvgIpc) is 3.34. The molecule has 1 aromatic heterocycles. The van der Waals surface area contributed by atoms with Crippen molar-refractivity contribution in [3.63, 3.8) is 0 Å². The molecule has 21 heavy (non-hydrogen) atoms. The van der Waals surface area contributed by atoms with Crippen LogP contribution in [-0.2, 0) is 0 Å². The third-order valence-electron chi connectivity index (χ3n) is 4.41. The van der Waals surface area contributed by atoms with E-state index in [1.165, 1.54) is 51.2 Å². The number of aromatic nitrogens is 2. The maximum absolute atomic E-state index is 7.61. The number of rotatable bonds is 6. The molecular formula is C17H24N4. The van der Waals surface area contributed by atoms with E-state index in [0.29, 0.717) is 12.0 Å². The number of allylic oxidation sites excluding steroid dienone is 2. The van der Waals surface area contributed by atoms with Gasteiger partial charge in [-0.3, -0.25) is 0 Å². The van der Waals surface area contributed by atoms with Gasteiger partial charge in [0.1, 0.15) is 0 Å². The fourth-order valence-corrected chi connectivity index (χ4v) is 2.90. The lowest BCUT2D eigenvalue weighted by molar-refractivity contribution is 0.461. The molecule has 0 saturated heterocycles. The van der Waals surface area contributed by atoms with Crippen LogP contribution in [0.2, 0.25) is 0 Å². The number of anilines is 1. The van der Waals surface area contributed by atoms with Crippen molar-refractivity contribution in [2.75, 3.05) is 5.32 Å². The second-order valence-electron chi connectivity index (χ2n) is 6.23. The molecule has 2 aliphatic carbocycles. The molecule has 0 amide bonds. The van der Waals surface area contributed by atoms with Gasteiger partial charge in [-0.1, -0.05) is 25.3 Å². The van der Waals surface area contributed by atoms with Gasteiger partial charge < -0.3 is 10.7 Å². The van der Waals surface area contributed by atoms with Gasteiger partial charge in [-0.05, 0) is 44.1 Å². The molecule has 1 aromatic rings. The van der Waals surface area contributed by atoms with Gasteiger partial charge in [-0.2, -0.15) is 0 Å². The Morgan fingerprint density at radius 1 is 1.24 bits per heavy atom. The van der Waals surface area contributed by atoms with Crippen LogP contribution in [0.1, 0.15) is 57.1 Å². The fourth-order valence-electron chi connectivity index (χ4n) is 2.90. The summed E-state index contributed by atoms with van der Waals surface area (Å²) in [4.78, 5) is 8.93. The molecule has 0 unspecified atom stereocenters. The molecule has 0 aromatic carbocycles. The van der Waals surface area contributed by atoms with Crippen LogP contribution in [0, 0.1) is 11.3 Å². The van der Waals surface area contributed by atoms with E-state index >= 15 is 0 Å².